The van der Waals surface area contributed by atoms with Crippen LogP contribution in [0, 0.1) is 19.3 Å². The number of anilines is 1. The Morgan fingerprint density at radius 1 is 1.24 bits per heavy atom. The molecule has 6 nitrogen and oxygen atoms in total. The summed E-state index contributed by atoms with van der Waals surface area (Å²) in [6.45, 7) is 11.7. The predicted octanol–water partition coefficient (Wildman–Crippen LogP) is 2.28. The van der Waals surface area contributed by atoms with Gasteiger partial charge in [-0.1, -0.05) is 13.8 Å². The van der Waals surface area contributed by atoms with Crippen LogP contribution in [0.4, 0.5) is 5.82 Å². The van der Waals surface area contributed by atoms with E-state index in [9.17, 15) is 4.79 Å². The van der Waals surface area contributed by atoms with E-state index in [4.69, 9.17) is 5.73 Å². The lowest BCUT2D eigenvalue weighted by atomic mass is 9.82. The predicted molar refractivity (Wildman–Crippen MR) is 99.8 cm³/mol. The maximum absolute atomic E-state index is 13.0. The van der Waals surface area contributed by atoms with Crippen LogP contribution < -0.4 is 10.6 Å². The monoisotopic (exact) mass is 345 g/mol. The van der Waals surface area contributed by atoms with Gasteiger partial charge in [0, 0.05) is 43.5 Å². The van der Waals surface area contributed by atoms with E-state index in [1.54, 1.807) is 0 Å². The zero-order valence-corrected chi connectivity index (χ0v) is 16.0. The van der Waals surface area contributed by atoms with Crippen molar-refractivity contribution in [2.24, 2.45) is 11.1 Å². The Hall–Kier alpha value is -1.69. The van der Waals surface area contributed by atoms with Crippen molar-refractivity contribution in [3.63, 3.8) is 0 Å². The summed E-state index contributed by atoms with van der Waals surface area (Å²) in [7, 11) is 0. The molecule has 2 aliphatic heterocycles. The number of hydrogen-bond donors (Lipinski definition) is 1. The molecule has 1 aromatic rings. The van der Waals surface area contributed by atoms with Crippen molar-refractivity contribution in [3.05, 3.63) is 17.1 Å². The van der Waals surface area contributed by atoms with E-state index in [0.717, 1.165) is 68.9 Å². The largest absolute Gasteiger partial charge is 0.355 e. The van der Waals surface area contributed by atoms with Gasteiger partial charge in [-0.25, -0.2) is 9.97 Å². The second-order valence-electron chi connectivity index (χ2n) is 7.76. The molecular weight excluding hydrogens is 314 g/mol. The number of carbonyl (C=O) groups excluding carboxylic acids is 1. The molecule has 0 saturated carbocycles. The molecule has 1 atom stereocenters. The first-order chi connectivity index (χ1) is 11.9. The molecule has 138 valence electrons. The van der Waals surface area contributed by atoms with Gasteiger partial charge in [0.05, 0.1) is 0 Å². The maximum Gasteiger partial charge on any atom is 0.291 e. The molecule has 3 rings (SSSR count). The number of aromatic nitrogens is 2. The maximum atomic E-state index is 13.0. The molecular formula is C19H31N5O. The fourth-order valence-electron chi connectivity index (χ4n) is 4.07. The number of likely N-dealkylation sites (tertiary alicyclic amines) is 1. The van der Waals surface area contributed by atoms with Gasteiger partial charge in [-0.2, -0.15) is 0 Å². The molecule has 1 amide bonds. The molecule has 0 radical (unpaired) electrons. The van der Waals surface area contributed by atoms with Gasteiger partial charge >= 0.3 is 0 Å². The summed E-state index contributed by atoms with van der Waals surface area (Å²) >= 11 is 0. The quantitative estimate of drug-likeness (QED) is 0.906. The van der Waals surface area contributed by atoms with Crippen LogP contribution in [0.5, 0.6) is 0 Å². The second-order valence-corrected chi connectivity index (χ2v) is 7.76. The van der Waals surface area contributed by atoms with Gasteiger partial charge in [0.2, 0.25) is 5.82 Å². The first-order valence-electron chi connectivity index (χ1n) is 9.54. The summed E-state index contributed by atoms with van der Waals surface area (Å²) in [5.41, 5.74) is 8.24. The number of nitrogens with two attached hydrogens (primary N) is 1. The van der Waals surface area contributed by atoms with Gasteiger partial charge in [-0.15, -0.1) is 0 Å². The number of amides is 1. The first kappa shape index (κ1) is 18.1. The van der Waals surface area contributed by atoms with Crippen molar-refractivity contribution in [2.45, 2.75) is 59.4 Å². The molecule has 1 aromatic heterocycles. The lowest BCUT2D eigenvalue weighted by Crippen LogP contribution is -2.34. The Labute approximate surface area is 150 Å². The van der Waals surface area contributed by atoms with Crippen molar-refractivity contribution in [1.29, 1.82) is 0 Å². The minimum Gasteiger partial charge on any atom is -0.355 e. The van der Waals surface area contributed by atoms with Gasteiger partial charge in [0.15, 0.2) is 0 Å². The van der Waals surface area contributed by atoms with E-state index in [-0.39, 0.29) is 17.4 Å². The zero-order chi connectivity index (χ0) is 18.2. The highest BCUT2D eigenvalue weighted by molar-refractivity contribution is 5.91. The lowest BCUT2D eigenvalue weighted by molar-refractivity contribution is 0.0757. The number of nitrogens with zero attached hydrogens (tertiary/aromatic N) is 4. The van der Waals surface area contributed by atoms with Crippen LogP contribution in [-0.4, -0.2) is 53.0 Å². The normalized spacial score (nSPS) is 22.7. The van der Waals surface area contributed by atoms with E-state index >= 15 is 0 Å². The minimum atomic E-state index is -0.0309. The molecule has 0 bridgehead atoms. The number of carbonyl (C=O) groups is 1. The summed E-state index contributed by atoms with van der Waals surface area (Å²) in [6.07, 6.45) is 4.26. The topological polar surface area (TPSA) is 75.4 Å². The zero-order valence-electron chi connectivity index (χ0n) is 16.0. The Kier molecular flexibility index (Phi) is 5.00. The smallest absolute Gasteiger partial charge is 0.291 e. The Morgan fingerprint density at radius 3 is 2.52 bits per heavy atom. The fraction of sp³-hybridized carbons (Fsp3) is 0.737. The van der Waals surface area contributed by atoms with Crippen LogP contribution in [0.2, 0.25) is 0 Å². The van der Waals surface area contributed by atoms with Crippen molar-refractivity contribution < 1.29 is 4.79 Å². The van der Waals surface area contributed by atoms with E-state index in [2.05, 4.69) is 28.7 Å². The number of rotatable bonds is 4. The molecule has 2 aliphatic rings. The second kappa shape index (κ2) is 6.90. The van der Waals surface area contributed by atoms with Crippen LogP contribution in [0.3, 0.4) is 0 Å². The number of hydrogen-bond acceptors (Lipinski definition) is 5. The van der Waals surface area contributed by atoms with E-state index in [1.165, 1.54) is 0 Å². The molecule has 2 saturated heterocycles. The summed E-state index contributed by atoms with van der Waals surface area (Å²) in [5.74, 6) is 1.18. The van der Waals surface area contributed by atoms with Gasteiger partial charge in [-0.05, 0) is 44.9 Å². The minimum absolute atomic E-state index is 0.0309. The molecule has 0 aliphatic carbocycles. The van der Waals surface area contributed by atoms with Crippen LogP contribution >= 0.6 is 0 Å². The standard InChI is InChI=1S/C19H31N5O/c1-5-19(6-2)8-10-24(12-19)18(25)16-21-14(4)13(3)17(22-16)23-9-7-15(20)11-23/h15H,5-12,20H2,1-4H3/t15-/m1/s1. The molecule has 3 heterocycles. The van der Waals surface area contributed by atoms with Crippen molar-refractivity contribution in [2.75, 3.05) is 31.1 Å². The highest BCUT2D eigenvalue weighted by atomic mass is 16.2. The van der Waals surface area contributed by atoms with Crippen LogP contribution in [0.1, 0.15) is 61.4 Å². The SMILES string of the molecule is CCC1(CC)CCN(C(=O)c2nc(C)c(C)c(N3CC[C@@H](N)C3)n2)C1. The molecule has 25 heavy (non-hydrogen) atoms. The Balaban J connectivity index is 1.85. The lowest BCUT2D eigenvalue weighted by Gasteiger charge is -2.26. The first-order valence-corrected chi connectivity index (χ1v) is 9.54. The molecule has 0 aromatic carbocycles. The van der Waals surface area contributed by atoms with Crippen LogP contribution in [0.15, 0.2) is 0 Å². The highest BCUT2D eigenvalue weighted by Gasteiger charge is 2.38. The third kappa shape index (κ3) is 3.36. The molecule has 2 fully saturated rings. The Bertz CT molecular complexity index is 655. The van der Waals surface area contributed by atoms with Crippen molar-refractivity contribution >= 4 is 11.7 Å². The third-order valence-corrected chi connectivity index (χ3v) is 6.30. The van der Waals surface area contributed by atoms with Crippen LogP contribution in [0.25, 0.3) is 0 Å². The van der Waals surface area contributed by atoms with E-state index in [1.807, 2.05) is 18.7 Å². The average molecular weight is 345 g/mol. The van der Waals surface area contributed by atoms with Gasteiger partial charge in [-0.3, -0.25) is 4.79 Å². The van der Waals surface area contributed by atoms with E-state index in [0.29, 0.717) is 5.82 Å². The van der Waals surface area contributed by atoms with E-state index < -0.39 is 0 Å². The summed E-state index contributed by atoms with van der Waals surface area (Å²) < 4.78 is 0. The van der Waals surface area contributed by atoms with Crippen molar-refractivity contribution in [1.82, 2.24) is 14.9 Å². The van der Waals surface area contributed by atoms with Crippen molar-refractivity contribution in [3.8, 4) is 0 Å². The Morgan fingerprint density at radius 2 is 1.96 bits per heavy atom. The number of aryl methyl sites for hydroxylation is 1. The molecule has 6 heteroatoms. The molecule has 2 N–H and O–H groups in total. The van der Waals surface area contributed by atoms with Crippen LogP contribution in [-0.2, 0) is 0 Å². The fourth-order valence-corrected chi connectivity index (χ4v) is 4.07. The molecule has 0 spiro atoms. The van der Waals surface area contributed by atoms with Gasteiger partial charge < -0.3 is 15.5 Å². The van der Waals surface area contributed by atoms with Gasteiger partial charge in [0.25, 0.3) is 5.91 Å². The third-order valence-electron chi connectivity index (χ3n) is 6.30. The summed E-state index contributed by atoms with van der Waals surface area (Å²) in [4.78, 5) is 26.3. The highest BCUT2D eigenvalue weighted by Crippen LogP contribution is 2.37. The molecule has 0 unspecified atom stereocenters. The summed E-state index contributed by atoms with van der Waals surface area (Å²) in [6, 6.07) is 0.183. The van der Waals surface area contributed by atoms with Gasteiger partial charge in [0.1, 0.15) is 5.82 Å². The summed E-state index contributed by atoms with van der Waals surface area (Å²) in [5, 5.41) is 0. The average Bonchev–Trinajstić information content (AvgIpc) is 3.23.